The Balaban J connectivity index is 2.01. The molecule has 0 aromatic heterocycles. The van der Waals surface area contributed by atoms with Crippen molar-refractivity contribution in [3.63, 3.8) is 0 Å². The maximum Gasteiger partial charge on any atom is 0.0616 e. The molecule has 0 bridgehead atoms. The van der Waals surface area contributed by atoms with Crippen LogP contribution in [0.4, 0.5) is 0 Å². The van der Waals surface area contributed by atoms with Gasteiger partial charge in [0.15, 0.2) is 0 Å². The minimum atomic E-state index is -0.138. The quantitative estimate of drug-likeness (QED) is 0.793. The van der Waals surface area contributed by atoms with E-state index in [-0.39, 0.29) is 5.54 Å². The first-order chi connectivity index (χ1) is 6.74. The number of ether oxygens (including phenoxy) is 1. The van der Waals surface area contributed by atoms with Crippen LogP contribution in [-0.4, -0.2) is 12.7 Å². The van der Waals surface area contributed by atoms with Crippen molar-refractivity contribution < 1.29 is 4.74 Å². The molecule has 0 spiro atoms. The van der Waals surface area contributed by atoms with Gasteiger partial charge in [0.05, 0.1) is 6.10 Å². The number of benzene rings is 1. The van der Waals surface area contributed by atoms with E-state index in [0.717, 1.165) is 19.4 Å². The van der Waals surface area contributed by atoms with Gasteiger partial charge >= 0.3 is 0 Å². The number of hydrogen-bond acceptors (Lipinski definition) is 2. The predicted molar refractivity (Wildman–Crippen MR) is 57.0 cm³/mol. The molecule has 0 radical (unpaired) electrons. The minimum absolute atomic E-state index is 0.138. The second kappa shape index (κ2) is 3.71. The van der Waals surface area contributed by atoms with Gasteiger partial charge in [0, 0.05) is 12.1 Å². The van der Waals surface area contributed by atoms with Gasteiger partial charge in [-0.05, 0) is 25.3 Å². The van der Waals surface area contributed by atoms with E-state index in [1.165, 1.54) is 5.56 Å². The highest BCUT2D eigenvalue weighted by atomic mass is 16.5. The molecule has 1 aliphatic carbocycles. The summed E-state index contributed by atoms with van der Waals surface area (Å²) >= 11 is 0. The molecule has 2 N–H and O–H groups in total. The molecule has 2 nitrogen and oxygen atoms in total. The van der Waals surface area contributed by atoms with Crippen molar-refractivity contribution in [3.8, 4) is 0 Å². The van der Waals surface area contributed by atoms with Crippen LogP contribution in [0.3, 0.4) is 0 Å². The van der Waals surface area contributed by atoms with Crippen molar-refractivity contribution in [2.75, 3.05) is 6.61 Å². The zero-order valence-corrected chi connectivity index (χ0v) is 8.57. The predicted octanol–water partition coefficient (Wildman–Crippen LogP) is 2.04. The molecule has 0 atom stereocenters. The SMILES string of the molecule is CCOC1CC(N)(c2ccccc2)C1. The molecule has 0 saturated heterocycles. The minimum Gasteiger partial charge on any atom is -0.378 e. The molecule has 1 aromatic rings. The van der Waals surface area contributed by atoms with Crippen molar-refractivity contribution in [2.45, 2.75) is 31.4 Å². The second-order valence-electron chi connectivity index (χ2n) is 4.01. The van der Waals surface area contributed by atoms with E-state index in [0.29, 0.717) is 6.10 Å². The zero-order valence-electron chi connectivity index (χ0n) is 8.57. The Morgan fingerprint density at radius 1 is 1.36 bits per heavy atom. The number of hydrogen-bond donors (Lipinski definition) is 1. The highest BCUT2D eigenvalue weighted by Gasteiger charge is 2.42. The van der Waals surface area contributed by atoms with Gasteiger partial charge in [-0.1, -0.05) is 30.3 Å². The molecule has 0 aliphatic heterocycles. The normalized spacial score (nSPS) is 31.1. The van der Waals surface area contributed by atoms with Crippen LogP contribution in [0, 0.1) is 0 Å². The molecule has 1 aliphatic rings. The molecule has 0 unspecified atom stereocenters. The summed E-state index contributed by atoms with van der Waals surface area (Å²) in [4.78, 5) is 0. The summed E-state index contributed by atoms with van der Waals surface area (Å²) in [6.45, 7) is 2.81. The molecule has 1 aromatic carbocycles. The van der Waals surface area contributed by atoms with Gasteiger partial charge in [-0.3, -0.25) is 0 Å². The van der Waals surface area contributed by atoms with Crippen LogP contribution >= 0.6 is 0 Å². The Hall–Kier alpha value is -0.860. The maximum absolute atomic E-state index is 6.26. The van der Waals surface area contributed by atoms with Crippen LogP contribution < -0.4 is 5.73 Å². The third kappa shape index (κ3) is 1.68. The first-order valence-electron chi connectivity index (χ1n) is 5.20. The van der Waals surface area contributed by atoms with Crippen LogP contribution in [0.25, 0.3) is 0 Å². The summed E-state index contributed by atoms with van der Waals surface area (Å²) in [5.41, 5.74) is 7.36. The van der Waals surface area contributed by atoms with E-state index in [1.54, 1.807) is 0 Å². The van der Waals surface area contributed by atoms with Gasteiger partial charge in [0.1, 0.15) is 0 Å². The maximum atomic E-state index is 6.26. The number of nitrogens with two attached hydrogens (primary N) is 1. The van der Waals surface area contributed by atoms with Crippen molar-refractivity contribution in [2.24, 2.45) is 5.73 Å². The lowest BCUT2D eigenvalue weighted by atomic mass is 9.70. The first kappa shape index (κ1) is 9.69. The summed E-state index contributed by atoms with van der Waals surface area (Å²) < 4.78 is 5.51. The van der Waals surface area contributed by atoms with E-state index in [9.17, 15) is 0 Å². The molecule has 2 heteroatoms. The Kier molecular flexibility index (Phi) is 2.57. The molecule has 0 amide bonds. The molecule has 14 heavy (non-hydrogen) atoms. The average Bonchev–Trinajstić information content (AvgIpc) is 2.17. The van der Waals surface area contributed by atoms with E-state index in [1.807, 2.05) is 25.1 Å². The average molecular weight is 191 g/mol. The summed E-state index contributed by atoms with van der Waals surface area (Å²) in [6, 6.07) is 10.3. The van der Waals surface area contributed by atoms with E-state index < -0.39 is 0 Å². The largest absolute Gasteiger partial charge is 0.378 e. The topological polar surface area (TPSA) is 35.2 Å². The fourth-order valence-corrected chi connectivity index (χ4v) is 2.11. The van der Waals surface area contributed by atoms with E-state index in [4.69, 9.17) is 10.5 Å². The standard InChI is InChI=1S/C12H17NO/c1-2-14-11-8-12(13,9-11)10-6-4-3-5-7-10/h3-7,11H,2,8-9,13H2,1H3. The Morgan fingerprint density at radius 2 is 2.00 bits per heavy atom. The molecular weight excluding hydrogens is 174 g/mol. The van der Waals surface area contributed by atoms with Crippen molar-refractivity contribution in [1.29, 1.82) is 0 Å². The zero-order chi connectivity index (χ0) is 10.0. The molecule has 76 valence electrons. The Morgan fingerprint density at radius 3 is 2.57 bits per heavy atom. The lowest BCUT2D eigenvalue weighted by molar-refractivity contribution is -0.0392. The third-order valence-electron chi connectivity index (χ3n) is 2.93. The van der Waals surface area contributed by atoms with E-state index >= 15 is 0 Å². The molecular formula is C12H17NO. The van der Waals surface area contributed by atoms with Crippen LogP contribution in [0.5, 0.6) is 0 Å². The summed E-state index contributed by atoms with van der Waals surface area (Å²) in [7, 11) is 0. The van der Waals surface area contributed by atoms with Gasteiger partial charge in [-0.15, -0.1) is 0 Å². The Labute approximate surface area is 85.1 Å². The van der Waals surface area contributed by atoms with Crippen LogP contribution in [0.2, 0.25) is 0 Å². The van der Waals surface area contributed by atoms with Crippen molar-refractivity contribution in [1.82, 2.24) is 0 Å². The highest BCUT2D eigenvalue weighted by molar-refractivity contribution is 5.27. The molecule has 1 saturated carbocycles. The summed E-state index contributed by atoms with van der Waals surface area (Å²) in [5, 5.41) is 0. The fourth-order valence-electron chi connectivity index (χ4n) is 2.11. The van der Waals surface area contributed by atoms with Gasteiger partial charge in [-0.2, -0.15) is 0 Å². The fraction of sp³-hybridized carbons (Fsp3) is 0.500. The van der Waals surface area contributed by atoms with Gasteiger partial charge in [0.25, 0.3) is 0 Å². The highest BCUT2D eigenvalue weighted by Crippen LogP contribution is 2.40. The van der Waals surface area contributed by atoms with E-state index in [2.05, 4.69) is 12.1 Å². The van der Waals surface area contributed by atoms with Crippen LogP contribution in [0.1, 0.15) is 25.3 Å². The van der Waals surface area contributed by atoms with Crippen molar-refractivity contribution >= 4 is 0 Å². The second-order valence-corrected chi connectivity index (χ2v) is 4.01. The Bertz CT molecular complexity index is 290. The van der Waals surface area contributed by atoms with Gasteiger partial charge in [-0.25, -0.2) is 0 Å². The molecule has 1 fully saturated rings. The van der Waals surface area contributed by atoms with Crippen LogP contribution in [0.15, 0.2) is 30.3 Å². The van der Waals surface area contributed by atoms with Gasteiger partial charge in [0.2, 0.25) is 0 Å². The summed E-state index contributed by atoms with van der Waals surface area (Å²) in [6.07, 6.45) is 2.26. The lowest BCUT2D eigenvalue weighted by Crippen LogP contribution is -2.52. The van der Waals surface area contributed by atoms with Gasteiger partial charge < -0.3 is 10.5 Å². The third-order valence-corrected chi connectivity index (χ3v) is 2.93. The summed E-state index contributed by atoms with van der Waals surface area (Å²) in [5.74, 6) is 0. The van der Waals surface area contributed by atoms with Crippen LogP contribution in [-0.2, 0) is 10.3 Å². The number of rotatable bonds is 3. The molecule has 2 rings (SSSR count). The first-order valence-corrected chi connectivity index (χ1v) is 5.20. The van der Waals surface area contributed by atoms with Crippen molar-refractivity contribution in [3.05, 3.63) is 35.9 Å². The smallest absolute Gasteiger partial charge is 0.0616 e. The lowest BCUT2D eigenvalue weighted by Gasteiger charge is -2.44. The monoisotopic (exact) mass is 191 g/mol. The molecule has 0 heterocycles.